The van der Waals surface area contributed by atoms with Gasteiger partial charge in [-0.25, -0.2) is 9.59 Å². The molecule has 1 amide bonds. The third-order valence-electron chi connectivity index (χ3n) is 9.54. The van der Waals surface area contributed by atoms with Crippen molar-refractivity contribution in [3.63, 3.8) is 0 Å². The van der Waals surface area contributed by atoms with E-state index in [1.807, 2.05) is 36.4 Å². The molecule has 0 spiro atoms. The normalized spacial score (nSPS) is 19.7. The molecule has 11 heteroatoms. The first-order chi connectivity index (χ1) is 23.9. The van der Waals surface area contributed by atoms with Crippen molar-refractivity contribution >= 4 is 23.0 Å². The van der Waals surface area contributed by atoms with Crippen molar-refractivity contribution < 1.29 is 29.3 Å². The number of aromatic amines is 1. The number of amides is 1. The van der Waals surface area contributed by atoms with Crippen LogP contribution in [0.3, 0.4) is 0 Å². The fraction of sp³-hybridized carbons (Fsp3) is 0.395. The van der Waals surface area contributed by atoms with Gasteiger partial charge >= 0.3 is 12.1 Å². The van der Waals surface area contributed by atoms with Crippen LogP contribution in [-0.2, 0) is 9.47 Å². The lowest BCUT2D eigenvalue weighted by Gasteiger charge is -2.43. The molecule has 3 atom stereocenters. The molecule has 49 heavy (non-hydrogen) atoms. The summed E-state index contributed by atoms with van der Waals surface area (Å²) >= 11 is 0. The molecular weight excluding hydrogens is 624 g/mol. The van der Waals surface area contributed by atoms with E-state index >= 15 is 0 Å². The van der Waals surface area contributed by atoms with Crippen LogP contribution in [0.25, 0.3) is 10.9 Å². The van der Waals surface area contributed by atoms with Crippen LogP contribution in [-0.4, -0.2) is 77.6 Å². The number of pyridine rings is 1. The number of H-pyrrole nitrogens is 1. The molecule has 0 radical (unpaired) electrons. The zero-order chi connectivity index (χ0) is 34.2. The Hall–Kier alpha value is -4.71. The zero-order valence-corrected chi connectivity index (χ0v) is 27.5. The Labute approximate surface area is 285 Å². The summed E-state index contributed by atoms with van der Waals surface area (Å²) in [5, 5.41) is 27.7. The number of unbranched alkanes of at least 4 members (excludes halogenated alkanes) is 2. The number of hydrogen-bond acceptors (Lipinski definition) is 9. The van der Waals surface area contributed by atoms with E-state index in [4.69, 9.17) is 9.47 Å². The number of rotatable bonds is 14. The van der Waals surface area contributed by atoms with Crippen molar-refractivity contribution in [1.29, 1.82) is 0 Å². The van der Waals surface area contributed by atoms with Crippen LogP contribution >= 0.6 is 0 Å². The second kappa shape index (κ2) is 16.1. The maximum atomic E-state index is 13.1. The van der Waals surface area contributed by atoms with Gasteiger partial charge in [-0.05, 0) is 98.6 Å². The third kappa shape index (κ3) is 8.66. The van der Waals surface area contributed by atoms with E-state index in [1.165, 1.54) is 12.1 Å². The Balaban J connectivity index is 0.952. The summed E-state index contributed by atoms with van der Waals surface area (Å²) in [5.41, 5.74) is 2.64. The number of aliphatic hydroxyl groups excluding tert-OH is 1. The molecule has 3 aliphatic rings. The van der Waals surface area contributed by atoms with Crippen molar-refractivity contribution in [2.24, 2.45) is 5.92 Å². The zero-order valence-electron chi connectivity index (χ0n) is 27.5. The van der Waals surface area contributed by atoms with Gasteiger partial charge in [-0.1, -0.05) is 48.5 Å². The molecule has 3 aromatic carbocycles. The Kier molecular flexibility index (Phi) is 11.2. The standard InChI is InChI=1S/C38H44N4O7/c43-31-14-12-29(30-13-15-34(45)40-36(30)31)32(44)23-39-18-5-2-6-21-48-37(46)28-11-7-10-27(22-28)35(26-8-3-1-4-9-26)41-38(47)49-33-24-42-19-16-25(33)17-20-42/h1,3-4,7-15,22,25,32-33,35,39,43-44H,2,5-6,16-21,23-24H2,(H,40,45)(H,41,47). The average Bonchev–Trinajstić information content (AvgIpc) is 3.13. The van der Waals surface area contributed by atoms with Crippen LogP contribution in [0.1, 0.15) is 71.3 Å². The first-order valence-corrected chi connectivity index (χ1v) is 17.1. The smallest absolute Gasteiger partial charge is 0.408 e. The van der Waals surface area contributed by atoms with E-state index in [9.17, 15) is 24.6 Å². The number of aromatic nitrogens is 1. The molecule has 5 N–H and O–H groups in total. The molecule has 0 aliphatic carbocycles. The van der Waals surface area contributed by atoms with Gasteiger partial charge < -0.3 is 35.3 Å². The average molecular weight is 669 g/mol. The van der Waals surface area contributed by atoms with Crippen LogP contribution in [0.15, 0.2) is 83.7 Å². The second-order valence-electron chi connectivity index (χ2n) is 12.9. The number of carbonyl (C=O) groups excluding carboxylic acids is 2. The molecule has 11 nitrogen and oxygen atoms in total. The molecule has 7 rings (SSSR count). The Morgan fingerprint density at radius 2 is 1.73 bits per heavy atom. The summed E-state index contributed by atoms with van der Waals surface area (Å²) < 4.78 is 11.5. The number of fused-ring (bicyclic) bond motifs is 4. The highest BCUT2D eigenvalue weighted by molar-refractivity contribution is 5.89. The molecule has 4 heterocycles. The molecule has 0 saturated carbocycles. The van der Waals surface area contributed by atoms with Crippen molar-refractivity contribution in [3.05, 3.63) is 111 Å². The molecule has 3 aliphatic heterocycles. The topological polar surface area (TPSA) is 153 Å². The number of nitrogens with one attached hydrogen (secondary N) is 3. The quantitative estimate of drug-likeness (QED) is 0.0943. The summed E-state index contributed by atoms with van der Waals surface area (Å²) in [6.45, 7) is 4.15. The van der Waals surface area contributed by atoms with Gasteiger partial charge in [0.2, 0.25) is 5.56 Å². The number of carbonyl (C=O) groups is 2. The van der Waals surface area contributed by atoms with E-state index in [0.717, 1.165) is 56.4 Å². The van der Waals surface area contributed by atoms with Gasteiger partial charge in [0.15, 0.2) is 0 Å². The fourth-order valence-electron chi connectivity index (χ4n) is 6.86. The van der Waals surface area contributed by atoms with Gasteiger partial charge in [-0.2, -0.15) is 0 Å². The van der Waals surface area contributed by atoms with Crippen molar-refractivity contribution in [3.8, 4) is 5.75 Å². The number of esters is 1. The van der Waals surface area contributed by atoms with Gasteiger partial charge in [0.05, 0.1) is 29.8 Å². The fourth-order valence-corrected chi connectivity index (χ4v) is 6.86. The molecular formula is C38H44N4O7. The maximum absolute atomic E-state index is 13.1. The lowest BCUT2D eigenvalue weighted by Crippen LogP contribution is -2.52. The molecule has 1 aromatic heterocycles. The highest BCUT2D eigenvalue weighted by Gasteiger charge is 2.37. The predicted octanol–water partition coefficient (Wildman–Crippen LogP) is 4.79. The lowest BCUT2D eigenvalue weighted by atomic mass is 9.86. The summed E-state index contributed by atoms with van der Waals surface area (Å²) in [7, 11) is 0. The van der Waals surface area contributed by atoms with E-state index in [2.05, 4.69) is 20.5 Å². The third-order valence-corrected chi connectivity index (χ3v) is 9.54. The van der Waals surface area contributed by atoms with Crippen LogP contribution in [0.2, 0.25) is 0 Å². The summed E-state index contributed by atoms with van der Waals surface area (Å²) in [6, 6.07) is 22.4. The highest BCUT2D eigenvalue weighted by atomic mass is 16.6. The monoisotopic (exact) mass is 668 g/mol. The number of nitrogens with zero attached hydrogens (tertiary/aromatic N) is 1. The van der Waals surface area contributed by atoms with E-state index in [1.54, 1.807) is 30.3 Å². The summed E-state index contributed by atoms with van der Waals surface area (Å²) in [5.74, 6) is -0.0667. The summed E-state index contributed by atoms with van der Waals surface area (Å²) in [6.07, 6.45) is 3.04. The number of benzene rings is 3. The lowest BCUT2D eigenvalue weighted by molar-refractivity contribution is -0.0336. The number of alkyl carbamates (subject to hydrolysis) is 1. The minimum Gasteiger partial charge on any atom is -0.506 e. The Morgan fingerprint density at radius 3 is 2.51 bits per heavy atom. The van der Waals surface area contributed by atoms with Crippen molar-refractivity contribution in [2.45, 2.75) is 50.4 Å². The van der Waals surface area contributed by atoms with Gasteiger partial charge in [-0.15, -0.1) is 0 Å². The number of aliphatic hydroxyl groups is 1. The number of piperidine rings is 3. The number of hydrogen-bond donors (Lipinski definition) is 5. The maximum Gasteiger partial charge on any atom is 0.408 e. The Morgan fingerprint density at radius 1 is 0.939 bits per heavy atom. The summed E-state index contributed by atoms with van der Waals surface area (Å²) in [4.78, 5) is 42.7. The molecule has 4 aromatic rings. The molecule has 258 valence electrons. The van der Waals surface area contributed by atoms with Gasteiger partial charge in [0.1, 0.15) is 11.9 Å². The van der Waals surface area contributed by atoms with E-state index < -0.39 is 24.2 Å². The Bertz CT molecular complexity index is 1790. The van der Waals surface area contributed by atoms with Crippen LogP contribution in [0.5, 0.6) is 5.75 Å². The van der Waals surface area contributed by atoms with Gasteiger partial charge in [0.25, 0.3) is 0 Å². The number of phenols is 1. The first kappa shape index (κ1) is 34.2. The van der Waals surface area contributed by atoms with E-state index in [0.29, 0.717) is 47.5 Å². The number of aromatic hydroxyl groups is 1. The van der Waals surface area contributed by atoms with Crippen molar-refractivity contribution in [1.82, 2.24) is 20.5 Å². The minimum absolute atomic E-state index is 0.0462. The second-order valence-corrected chi connectivity index (χ2v) is 12.9. The molecule has 3 unspecified atom stereocenters. The SMILES string of the molecule is O=C(NC(c1ccccc1)c1cccc(C(=O)OCCCCCNCC(O)c2ccc(O)c3[nH]c(=O)ccc23)c1)OC1CN2CCC1CC2. The van der Waals surface area contributed by atoms with Gasteiger partial charge in [-0.3, -0.25) is 9.69 Å². The van der Waals surface area contributed by atoms with Gasteiger partial charge in [0, 0.05) is 24.5 Å². The number of phenolic OH excluding ortho intramolecular Hbond substituents is 1. The molecule has 3 saturated heterocycles. The largest absolute Gasteiger partial charge is 0.506 e. The van der Waals surface area contributed by atoms with Crippen molar-refractivity contribution in [2.75, 3.05) is 39.3 Å². The van der Waals surface area contributed by atoms with Crippen LogP contribution in [0.4, 0.5) is 4.79 Å². The number of ether oxygens (including phenoxy) is 2. The first-order valence-electron chi connectivity index (χ1n) is 17.1. The highest BCUT2D eigenvalue weighted by Crippen LogP contribution is 2.31. The molecule has 2 bridgehead atoms. The van der Waals surface area contributed by atoms with Crippen LogP contribution in [0, 0.1) is 5.92 Å². The minimum atomic E-state index is -0.821. The van der Waals surface area contributed by atoms with Crippen LogP contribution < -0.4 is 16.2 Å². The predicted molar refractivity (Wildman–Crippen MR) is 185 cm³/mol. The molecule has 3 fully saturated rings. The van der Waals surface area contributed by atoms with E-state index in [-0.39, 0.29) is 24.0 Å².